The van der Waals surface area contributed by atoms with Crippen molar-refractivity contribution in [1.29, 1.82) is 0 Å². The van der Waals surface area contributed by atoms with Crippen LogP contribution in [0.4, 0.5) is 0 Å². The van der Waals surface area contributed by atoms with Crippen molar-refractivity contribution in [2.45, 2.75) is 123 Å². The third-order valence-electron chi connectivity index (χ3n) is 4.43. The van der Waals surface area contributed by atoms with Crippen LogP contribution in [-0.4, -0.2) is 42.0 Å². The van der Waals surface area contributed by atoms with Crippen LogP contribution in [-0.2, 0) is 9.59 Å². The number of carbonyl (C=O) groups is 2. The van der Waals surface area contributed by atoms with Gasteiger partial charge in [0, 0.05) is 6.42 Å². The van der Waals surface area contributed by atoms with E-state index in [0.29, 0.717) is 3.03 Å². The molecular weight excluding hydrogens is 323 g/mol. The first-order valence-corrected chi connectivity index (χ1v) is 11.8. The summed E-state index contributed by atoms with van der Waals surface area (Å²) in [4.78, 5) is 20.2. The molecule has 0 fully saturated rings. The average molecular weight is 365 g/mol. The molecule has 0 aliphatic rings. The summed E-state index contributed by atoms with van der Waals surface area (Å²) in [5, 5.41) is 7.72. The first kappa shape index (κ1) is 27.4. The molecule has 25 heavy (non-hydrogen) atoms. The van der Waals surface area contributed by atoms with Crippen molar-refractivity contribution in [1.82, 2.24) is 0 Å². The Morgan fingerprint density at radius 1 is 0.640 bits per heavy atom. The molecule has 0 heterocycles. The van der Waals surface area contributed by atoms with Crippen LogP contribution in [0, 0.1) is 0 Å². The number of aliphatic carboxylic acids is 1. The van der Waals surface area contributed by atoms with Gasteiger partial charge in [0.25, 0.3) is 0 Å². The molecule has 144 valence electrons. The Morgan fingerprint density at radius 2 is 0.920 bits per heavy atom. The molecule has 0 amide bonds. The Labute approximate surface area is 174 Å². The molecule has 0 aromatic carbocycles. The SMILES string of the molecule is CCC(=O)O.CCCCCCCCCCCCCCCCC[C](=O)[Na]. The van der Waals surface area contributed by atoms with Gasteiger partial charge in [-0.1, -0.05) is 46.0 Å². The summed E-state index contributed by atoms with van der Waals surface area (Å²) in [5.41, 5.74) is 0. The molecular formula is C21H41NaO3. The number of hydrogen-bond donors (Lipinski definition) is 1. The fourth-order valence-corrected chi connectivity index (χ4v) is 3.10. The Balaban J connectivity index is 0. The summed E-state index contributed by atoms with van der Waals surface area (Å²) in [5.74, 6) is -0.745. The van der Waals surface area contributed by atoms with Crippen molar-refractivity contribution in [3.8, 4) is 0 Å². The van der Waals surface area contributed by atoms with E-state index in [4.69, 9.17) is 5.11 Å². The standard InChI is InChI=1S/C18H35O.C3H6O2.Na/c1-2-3-4-5-6-7-8-9-10-11-12-13-14-15-16-17-18-19;1-2-3(4)5;/h2-17H2,1H3;2H2,1H3,(H,4,5);. The Hall–Kier alpha value is 0.140. The molecule has 4 heteroatoms. The van der Waals surface area contributed by atoms with Crippen LogP contribution in [0.15, 0.2) is 0 Å². The number of carboxylic acid groups (broad SMARTS) is 1. The number of carbonyl (C=O) groups excluding carboxylic acids is 1. The van der Waals surface area contributed by atoms with Gasteiger partial charge in [-0.2, -0.15) is 0 Å². The van der Waals surface area contributed by atoms with Gasteiger partial charge >= 0.3 is 112 Å². The van der Waals surface area contributed by atoms with Crippen LogP contribution in [0.2, 0.25) is 0 Å². The molecule has 0 saturated carbocycles. The average Bonchev–Trinajstić information content (AvgIpc) is 2.58. The van der Waals surface area contributed by atoms with Gasteiger partial charge in [-0.15, -0.1) is 0 Å². The number of carboxylic acids is 1. The van der Waals surface area contributed by atoms with Crippen LogP contribution >= 0.6 is 0 Å². The third kappa shape index (κ3) is 32.3. The molecule has 0 saturated heterocycles. The fraction of sp³-hybridized carbons (Fsp3) is 0.905. The van der Waals surface area contributed by atoms with Crippen LogP contribution in [0.1, 0.15) is 123 Å². The van der Waals surface area contributed by atoms with Gasteiger partial charge in [-0.3, -0.25) is 4.79 Å². The van der Waals surface area contributed by atoms with Crippen LogP contribution in [0.25, 0.3) is 0 Å². The molecule has 3 nitrogen and oxygen atoms in total. The van der Waals surface area contributed by atoms with E-state index in [-0.39, 0.29) is 6.42 Å². The number of hydrogen-bond acceptors (Lipinski definition) is 2. The first-order valence-electron chi connectivity index (χ1n) is 10.8. The van der Waals surface area contributed by atoms with Crippen molar-refractivity contribution in [2.24, 2.45) is 0 Å². The van der Waals surface area contributed by atoms with E-state index in [1.807, 2.05) is 0 Å². The van der Waals surface area contributed by atoms with E-state index in [9.17, 15) is 9.59 Å². The van der Waals surface area contributed by atoms with Crippen LogP contribution in [0.5, 0.6) is 0 Å². The zero-order chi connectivity index (χ0) is 19.2. The molecule has 0 aromatic heterocycles. The Bertz CT molecular complexity index is 293. The van der Waals surface area contributed by atoms with Crippen LogP contribution in [0.3, 0.4) is 0 Å². The normalized spacial score (nSPS) is 10.2. The monoisotopic (exact) mass is 364 g/mol. The maximum atomic E-state index is 10.8. The molecule has 0 aliphatic heterocycles. The molecule has 0 spiro atoms. The van der Waals surface area contributed by atoms with Crippen molar-refractivity contribution < 1.29 is 14.7 Å². The molecule has 0 bridgehead atoms. The first-order chi connectivity index (χ1) is 12.0. The number of unbranched alkanes of at least 4 members (excludes halogenated alkanes) is 14. The zero-order valence-electron chi connectivity index (χ0n) is 17.3. The molecule has 0 aliphatic carbocycles. The van der Waals surface area contributed by atoms with Gasteiger partial charge < -0.3 is 5.11 Å². The van der Waals surface area contributed by atoms with Gasteiger partial charge in [-0.05, 0) is 0 Å². The van der Waals surface area contributed by atoms with Gasteiger partial charge in [0.1, 0.15) is 0 Å². The van der Waals surface area contributed by atoms with Crippen molar-refractivity contribution >= 4 is 36.9 Å². The van der Waals surface area contributed by atoms with Gasteiger partial charge in [0.2, 0.25) is 0 Å². The fourth-order valence-electron chi connectivity index (χ4n) is 2.75. The molecule has 0 rings (SSSR count). The summed E-state index contributed by atoms with van der Waals surface area (Å²) >= 11 is 0.751. The summed E-state index contributed by atoms with van der Waals surface area (Å²) in [7, 11) is 0. The summed E-state index contributed by atoms with van der Waals surface area (Å²) < 4.78 is 0.486. The molecule has 0 atom stereocenters. The van der Waals surface area contributed by atoms with E-state index < -0.39 is 5.97 Å². The predicted molar refractivity (Wildman–Crippen MR) is 108 cm³/mol. The minimum absolute atomic E-state index is 0.222. The molecule has 0 aromatic rings. The second kappa shape index (κ2) is 24.1. The summed E-state index contributed by atoms with van der Waals surface area (Å²) in [6.45, 7) is 3.88. The van der Waals surface area contributed by atoms with Crippen molar-refractivity contribution in [2.75, 3.05) is 0 Å². The number of rotatable bonds is 17. The van der Waals surface area contributed by atoms with Gasteiger partial charge in [0.15, 0.2) is 0 Å². The third-order valence-corrected chi connectivity index (χ3v) is 4.93. The van der Waals surface area contributed by atoms with E-state index in [1.165, 1.54) is 89.9 Å². The van der Waals surface area contributed by atoms with E-state index >= 15 is 0 Å². The topological polar surface area (TPSA) is 54.4 Å². The summed E-state index contributed by atoms with van der Waals surface area (Å²) in [6, 6.07) is 0. The van der Waals surface area contributed by atoms with Crippen LogP contribution < -0.4 is 0 Å². The Kier molecular flexibility index (Phi) is 26.4. The quantitative estimate of drug-likeness (QED) is 0.239. The second-order valence-electron chi connectivity index (χ2n) is 7.15. The molecule has 0 radical (unpaired) electrons. The zero-order valence-corrected chi connectivity index (χ0v) is 19.3. The van der Waals surface area contributed by atoms with E-state index in [2.05, 4.69) is 6.92 Å². The minimum atomic E-state index is -0.745. The second-order valence-corrected chi connectivity index (χ2v) is 8.26. The van der Waals surface area contributed by atoms with E-state index in [0.717, 1.165) is 40.8 Å². The summed E-state index contributed by atoms with van der Waals surface area (Å²) in [6.07, 6.45) is 22.0. The predicted octanol–water partition coefficient (Wildman–Crippen LogP) is 6.42. The van der Waals surface area contributed by atoms with E-state index in [1.54, 1.807) is 6.92 Å². The molecule has 1 N–H and O–H groups in total. The molecule has 0 unspecified atom stereocenters. The van der Waals surface area contributed by atoms with Gasteiger partial charge in [-0.25, -0.2) is 0 Å². The Morgan fingerprint density at radius 3 is 1.16 bits per heavy atom. The maximum absolute atomic E-state index is 10.8. The van der Waals surface area contributed by atoms with Crippen molar-refractivity contribution in [3.63, 3.8) is 0 Å². The van der Waals surface area contributed by atoms with Crippen molar-refractivity contribution in [3.05, 3.63) is 0 Å². The van der Waals surface area contributed by atoms with Gasteiger partial charge in [0.05, 0.1) is 0 Å².